The lowest BCUT2D eigenvalue weighted by molar-refractivity contribution is 0.293. The first-order chi connectivity index (χ1) is 13.3. The molecular weight excluding hydrogens is 483 g/mol. The molecule has 2 heterocycles. The minimum atomic E-state index is 0. The van der Waals surface area contributed by atoms with Crippen molar-refractivity contribution in [2.75, 3.05) is 13.6 Å². The Morgan fingerprint density at radius 2 is 1.93 bits per heavy atom. The van der Waals surface area contributed by atoms with Crippen LogP contribution >= 0.6 is 35.3 Å². The molecule has 0 saturated carbocycles. The van der Waals surface area contributed by atoms with E-state index in [2.05, 4.69) is 38.1 Å². The Kier molecular flexibility index (Phi) is 9.78. The van der Waals surface area contributed by atoms with Gasteiger partial charge in [0.2, 0.25) is 5.88 Å². The number of halogens is 1. The summed E-state index contributed by atoms with van der Waals surface area (Å²) in [6, 6.07) is 18.2. The highest BCUT2D eigenvalue weighted by atomic mass is 127. The van der Waals surface area contributed by atoms with Crippen LogP contribution < -0.4 is 15.4 Å². The first-order valence-electron chi connectivity index (χ1n) is 8.92. The molecule has 0 bridgehead atoms. The summed E-state index contributed by atoms with van der Waals surface area (Å²) in [6.07, 6.45) is 2.76. The highest BCUT2D eigenvalue weighted by Gasteiger charge is 2.02. The maximum atomic E-state index is 5.79. The molecule has 28 heavy (non-hydrogen) atoms. The van der Waals surface area contributed by atoms with Gasteiger partial charge in [-0.1, -0.05) is 36.4 Å². The van der Waals surface area contributed by atoms with Crippen molar-refractivity contribution in [1.29, 1.82) is 0 Å². The van der Waals surface area contributed by atoms with E-state index in [1.54, 1.807) is 24.6 Å². The second kappa shape index (κ2) is 12.4. The number of aliphatic imine (C=N–C) groups is 1. The molecule has 0 aliphatic carbocycles. The molecule has 148 valence electrons. The number of hydrogen-bond acceptors (Lipinski definition) is 4. The van der Waals surface area contributed by atoms with Crippen LogP contribution in [0.3, 0.4) is 0 Å². The first kappa shape index (κ1) is 22.2. The van der Waals surface area contributed by atoms with Crippen molar-refractivity contribution in [1.82, 2.24) is 15.6 Å². The fraction of sp³-hybridized carbons (Fsp3) is 0.238. The highest BCUT2D eigenvalue weighted by Crippen LogP contribution is 2.12. The Morgan fingerprint density at radius 3 is 2.68 bits per heavy atom. The number of nitrogens with one attached hydrogen (secondary N) is 2. The molecule has 0 saturated heterocycles. The second-order valence-electron chi connectivity index (χ2n) is 5.96. The summed E-state index contributed by atoms with van der Waals surface area (Å²) in [6.45, 7) is 2.02. The summed E-state index contributed by atoms with van der Waals surface area (Å²) in [7, 11) is 1.78. The predicted octanol–water partition coefficient (Wildman–Crippen LogP) is 4.25. The van der Waals surface area contributed by atoms with Crippen molar-refractivity contribution < 1.29 is 4.74 Å². The molecule has 0 atom stereocenters. The summed E-state index contributed by atoms with van der Waals surface area (Å²) < 4.78 is 5.79. The van der Waals surface area contributed by atoms with Crippen LogP contribution in [0.4, 0.5) is 0 Å². The molecule has 2 N–H and O–H groups in total. The van der Waals surface area contributed by atoms with E-state index in [1.807, 2.05) is 42.5 Å². The zero-order valence-electron chi connectivity index (χ0n) is 15.8. The van der Waals surface area contributed by atoms with Crippen LogP contribution in [0.25, 0.3) is 0 Å². The van der Waals surface area contributed by atoms with E-state index in [-0.39, 0.29) is 24.0 Å². The summed E-state index contributed by atoms with van der Waals surface area (Å²) >= 11 is 1.78. The Morgan fingerprint density at radius 1 is 1.07 bits per heavy atom. The van der Waals surface area contributed by atoms with Crippen LogP contribution in [0.5, 0.6) is 5.88 Å². The van der Waals surface area contributed by atoms with Crippen LogP contribution in [0, 0.1) is 0 Å². The van der Waals surface area contributed by atoms with E-state index in [1.165, 1.54) is 4.88 Å². The molecule has 2 aromatic heterocycles. The molecule has 0 radical (unpaired) electrons. The van der Waals surface area contributed by atoms with Crippen molar-refractivity contribution in [3.05, 3.63) is 82.2 Å². The average Bonchev–Trinajstić information content (AvgIpc) is 3.23. The van der Waals surface area contributed by atoms with Gasteiger partial charge in [-0.15, -0.1) is 35.3 Å². The van der Waals surface area contributed by atoms with Gasteiger partial charge in [-0.3, -0.25) is 4.99 Å². The Balaban J connectivity index is 0.00000280. The lowest BCUT2D eigenvalue weighted by Gasteiger charge is -2.12. The van der Waals surface area contributed by atoms with Gasteiger partial charge in [-0.25, -0.2) is 4.98 Å². The molecular formula is C21H25IN4OS. The number of aromatic nitrogens is 1. The highest BCUT2D eigenvalue weighted by molar-refractivity contribution is 14.0. The minimum absolute atomic E-state index is 0. The van der Waals surface area contributed by atoms with E-state index in [9.17, 15) is 0 Å². The van der Waals surface area contributed by atoms with E-state index >= 15 is 0 Å². The number of pyridine rings is 1. The molecule has 7 heteroatoms. The van der Waals surface area contributed by atoms with E-state index in [0.29, 0.717) is 19.0 Å². The molecule has 0 aliphatic heterocycles. The zero-order chi connectivity index (χ0) is 18.7. The third-order valence-corrected chi connectivity index (χ3v) is 4.89. The standard InChI is InChI=1S/C21H24N4OS.HI/c1-22-21(24-12-10-19-8-5-13-27-19)25-15-18-9-11-23-20(14-18)26-16-17-6-3-2-4-7-17;/h2-9,11,13-14H,10,12,15-16H2,1H3,(H2,22,24,25);1H. The van der Waals surface area contributed by atoms with Crippen molar-refractivity contribution in [3.8, 4) is 5.88 Å². The van der Waals surface area contributed by atoms with Gasteiger partial charge < -0.3 is 15.4 Å². The van der Waals surface area contributed by atoms with Crippen LogP contribution in [0.15, 0.2) is 71.2 Å². The molecule has 0 amide bonds. The Labute approximate surface area is 187 Å². The summed E-state index contributed by atoms with van der Waals surface area (Å²) in [4.78, 5) is 9.92. The molecule has 3 aromatic rings. The topological polar surface area (TPSA) is 58.5 Å². The molecule has 1 aromatic carbocycles. The van der Waals surface area contributed by atoms with Crippen molar-refractivity contribution in [2.45, 2.75) is 19.6 Å². The number of rotatable bonds is 8. The quantitative estimate of drug-likeness (QED) is 0.272. The maximum Gasteiger partial charge on any atom is 0.213 e. The molecule has 5 nitrogen and oxygen atoms in total. The third-order valence-electron chi connectivity index (χ3n) is 3.96. The Hall–Kier alpha value is -2.13. The summed E-state index contributed by atoms with van der Waals surface area (Å²) in [5.41, 5.74) is 2.22. The Bertz CT molecular complexity index is 841. The maximum absolute atomic E-state index is 5.79. The van der Waals surface area contributed by atoms with Crippen LogP contribution in [0.2, 0.25) is 0 Å². The lowest BCUT2D eigenvalue weighted by Crippen LogP contribution is -2.37. The fourth-order valence-electron chi connectivity index (χ4n) is 2.54. The van der Waals surface area contributed by atoms with Crippen molar-refractivity contribution >= 4 is 41.3 Å². The van der Waals surface area contributed by atoms with Gasteiger partial charge >= 0.3 is 0 Å². The molecule has 0 unspecified atom stereocenters. The van der Waals surface area contributed by atoms with Crippen LogP contribution in [-0.2, 0) is 19.6 Å². The summed E-state index contributed by atoms with van der Waals surface area (Å²) in [5, 5.41) is 8.76. The van der Waals surface area contributed by atoms with Crippen LogP contribution in [-0.4, -0.2) is 24.5 Å². The minimum Gasteiger partial charge on any atom is -0.473 e. The monoisotopic (exact) mass is 508 g/mol. The molecule has 0 spiro atoms. The fourth-order valence-corrected chi connectivity index (χ4v) is 3.25. The second-order valence-corrected chi connectivity index (χ2v) is 6.99. The van der Waals surface area contributed by atoms with Gasteiger partial charge in [0.15, 0.2) is 5.96 Å². The largest absolute Gasteiger partial charge is 0.473 e. The average molecular weight is 508 g/mol. The number of benzene rings is 1. The van der Waals surface area contributed by atoms with Gasteiger partial charge in [0, 0.05) is 37.3 Å². The van der Waals surface area contributed by atoms with Gasteiger partial charge in [-0.2, -0.15) is 0 Å². The van der Waals surface area contributed by atoms with E-state index < -0.39 is 0 Å². The number of nitrogens with zero attached hydrogens (tertiary/aromatic N) is 2. The normalized spacial score (nSPS) is 10.8. The molecule has 0 fully saturated rings. The zero-order valence-corrected chi connectivity index (χ0v) is 18.9. The van der Waals surface area contributed by atoms with Crippen molar-refractivity contribution in [2.24, 2.45) is 4.99 Å². The van der Waals surface area contributed by atoms with Gasteiger partial charge in [-0.05, 0) is 35.1 Å². The van der Waals surface area contributed by atoms with E-state index in [0.717, 1.165) is 30.1 Å². The number of ether oxygens (including phenoxy) is 1. The first-order valence-corrected chi connectivity index (χ1v) is 9.80. The summed E-state index contributed by atoms with van der Waals surface area (Å²) in [5.74, 6) is 1.41. The number of hydrogen-bond donors (Lipinski definition) is 2. The van der Waals surface area contributed by atoms with Crippen LogP contribution in [0.1, 0.15) is 16.0 Å². The molecule has 3 rings (SSSR count). The van der Waals surface area contributed by atoms with Gasteiger partial charge in [0.05, 0.1) is 0 Å². The molecule has 0 aliphatic rings. The SMILES string of the molecule is CN=C(NCCc1cccs1)NCc1ccnc(OCc2ccccc2)c1.I. The predicted molar refractivity (Wildman–Crippen MR) is 127 cm³/mol. The van der Waals surface area contributed by atoms with Gasteiger partial charge in [0.1, 0.15) is 6.61 Å². The number of guanidine groups is 1. The lowest BCUT2D eigenvalue weighted by atomic mass is 10.2. The number of thiophene rings is 1. The van der Waals surface area contributed by atoms with E-state index in [4.69, 9.17) is 4.74 Å². The van der Waals surface area contributed by atoms with Gasteiger partial charge in [0.25, 0.3) is 0 Å². The third kappa shape index (κ3) is 7.47. The van der Waals surface area contributed by atoms with Crippen molar-refractivity contribution in [3.63, 3.8) is 0 Å². The smallest absolute Gasteiger partial charge is 0.213 e.